The van der Waals surface area contributed by atoms with E-state index in [1.165, 1.54) is 23.8 Å². The molecular formula is C14H18N2O. The van der Waals surface area contributed by atoms with Crippen molar-refractivity contribution in [3.8, 4) is 0 Å². The number of nitrogens with zero attached hydrogens (tertiary/aromatic N) is 1. The second kappa shape index (κ2) is 4.49. The predicted molar refractivity (Wildman–Crippen MR) is 68.0 cm³/mol. The van der Waals surface area contributed by atoms with Gasteiger partial charge in [0.2, 0.25) is 0 Å². The first-order chi connectivity index (χ1) is 8.34. The first kappa shape index (κ1) is 10.8. The van der Waals surface area contributed by atoms with E-state index in [0.29, 0.717) is 5.92 Å². The summed E-state index contributed by atoms with van der Waals surface area (Å²) in [5, 5.41) is 8.89. The van der Waals surface area contributed by atoms with E-state index in [0.717, 1.165) is 30.8 Å². The SMILES string of the molecule is Cc1cccc2c(CC3CCCNC3)noc12. The normalized spacial score (nSPS) is 20.9. The van der Waals surface area contributed by atoms with Crippen LogP contribution in [0.2, 0.25) is 0 Å². The highest BCUT2D eigenvalue weighted by molar-refractivity contribution is 5.82. The standard InChI is InChI=1S/C14H18N2O/c1-10-4-2-6-12-13(16-17-14(10)12)8-11-5-3-7-15-9-11/h2,4,6,11,15H,3,5,7-9H2,1H3. The third kappa shape index (κ3) is 2.07. The second-order valence-corrected chi connectivity index (χ2v) is 5.00. The molecule has 0 amide bonds. The molecule has 0 radical (unpaired) electrons. The largest absolute Gasteiger partial charge is 0.356 e. The van der Waals surface area contributed by atoms with Crippen LogP contribution >= 0.6 is 0 Å². The van der Waals surface area contributed by atoms with E-state index >= 15 is 0 Å². The molecule has 0 spiro atoms. The van der Waals surface area contributed by atoms with Gasteiger partial charge in [-0.25, -0.2) is 0 Å². The van der Waals surface area contributed by atoms with Crippen LogP contribution in [-0.2, 0) is 6.42 Å². The van der Waals surface area contributed by atoms with Crippen LogP contribution in [0.5, 0.6) is 0 Å². The van der Waals surface area contributed by atoms with Gasteiger partial charge in [0.05, 0.1) is 5.69 Å². The molecule has 2 heterocycles. The van der Waals surface area contributed by atoms with Crippen molar-refractivity contribution in [3.05, 3.63) is 29.5 Å². The first-order valence-electron chi connectivity index (χ1n) is 6.39. The summed E-state index contributed by atoms with van der Waals surface area (Å²) in [5.74, 6) is 0.706. The van der Waals surface area contributed by atoms with Crippen molar-refractivity contribution < 1.29 is 4.52 Å². The molecule has 17 heavy (non-hydrogen) atoms. The molecule has 1 fully saturated rings. The van der Waals surface area contributed by atoms with E-state index in [9.17, 15) is 0 Å². The van der Waals surface area contributed by atoms with Crippen LogP contribution in [0.15, 0.2) is 22.7 Å². The van der Waals surface area contributed by atoms with Gasteiger partial charge in [-0.05, 0) is 56.8 Å². The Morgan fingerprint density at radius 2 is 2.41 bits per heavy atom. The number of benzene rings is 1. The monoisotopic (exact) mass is 230 g/mol. The summed E-state index contributed by atoms with van der Waals surface area (Å²) >= 11 is 0. The third-order valence-corrected chi connectivity index (χ3v) is 3.65. The Labute approximate surface area is 101 Å². The van der Waals surface area contributed by atoms with Gasteiger partial charge in [0.1, 0.15) is 0 Å². The van der Waals surface area contributed by atoms with Crippen molar-refractivity contribution in [2.24, 2.45) is 5.92 Å². The van der Waals surface area contributed by atoms with E-state index in [-0.39, 0.29) is 0 Å². The molecule has 1 saturated heterocycles. The fraction of sp³-hybridized carbons (Fsp3) is 0.500. The van der Waals surface area contributed by atoms with Crippen molar-refractivity contribution in [3.63, 3.8) is 0 Å². The summed E-state index contributed by atoms with van der Waals surface area (Å²) in [4.78, 5) is 0. The summed E-state index contributed by atoms with van der Waals surface area (Å²) < 4.78 is 5.45. The van der Waals surface area contributed by atoms with Gasteiger partial charge in [0.15, 0.2) is 5.58 Å². The van der Waals surface area contributed by atoms with Gasteiger partial charge in [-0.3, -0.25) is 0 Å². The fourth-order valence-electron chi connectivity index (χ4n) is 2.67. The summed E-state index contributed by atoms with van der Waals surface area (Å²) in [6, 6.07) is 6.27. The zero-order valence-electron chi connectivity index (χ0n) is 10.2. The molecule has 3 nitrogen and oxygen atoms in total. The molecule has 1 unspecified atom stereocenters. The molecule has 90 valence electrons. The average molecular weight is 230 g/mol. The molecule has 1 atom stereocenters. The van der Waals surface area contributed by atoms with Gasteiger partial charge >= 0.3 is 0 Å². The maximum absolute atomic E-state index is 5.45. The quantitative estimate of drug-likeness (QED) is 0.862. The maximum Gasteiger partial charge on any atom is 0.170 e. The molecule has 1 aliphatic heterocycles. The highest BCUT2D eigenvalue weighted by Gasteiger charge is 2.17. The predicted octanol–water partition coefficient (Wildman–Crippen LogP) is 2.68. The number of para-hydroxylation sites is 1. The zero-order valence-corrected chi connectivity index (χ0v) is 10.2. The van der Waals surface area contributed by atoms with Gasteiger partial charge in [-0.1, -0.05) is 17.3 Å². The van der Waals surface area contributed by atoms with Gasteiger partial charge in [-0.15, -0.1) is 0 Å². The van der Waals surface area contributed by atoms with Crippen LogP contribution in [0.3, 0.4) is 0 Å². The summed E-state index contributed by atoms with van der Waals surface area (Å²) in [6.45, 7) is 4.34. The van der Waals surface area contributed by atoms with Crippen LogP contribution in [0.25, 0.3) is 11.0 Å². The number of fused-ring (bicyclic) bond motifs is 1. The van der Waals surface area contributed by atoms with E-state index in [2.05, 4.69) is 35.6 Å². The molecule has 0 saturated carbocycles. The highest BCUT2D eigenvalue weighted by Crippen LogP contribution is 2.25. The Bertz CT molecular complexity index is 512. The van der Waals surface area contributed by atoms with E-state index in [1.54, 1.807) is 0 Å². The van der Waals surface area contributed by atoms with E-state index < -0.39 is 0 Å². The lowest BCUT2D eigenvalue weighted by atomic mass is 9.93. The van der Waals surface area contributed by atoms with E-state index in [1.807, 2.05) is 0 Å². The Morgan fingerprint density at radius 1 is 1.47 bits per heavy atom. The smallest absolute Gasteiger partial charge is 0.170 e. The Kier molecular flexibility index (Phi) is 2.85. The summed E-state index contributed by atoms with van der Waals surface area (Å²) in [5.41, 5.74) is 3.24. The molecule has 1 aromatic heterocycles. The number of hydrogen-bond acceptors (Lipinski definition) is 3. The lowest BCUT2D eigenvalue weighted by Crippen LogP contribution is -2.30. The van der Waals surface area contributed by atoms with Crippen molar-refractivity contribution in [2.75, 3.05) is 13.1 Å². The molecule has 1 N–H and O–H groups in total. The number of piperidine rings is 1. The Morgan fingerprint density at radius 3 is 3.24 bits per heavy atom. The molecule has 1 aromatic carbocycles. The summed E-state index contributed by atoms with van der Waals surface area (Å²) in [7, 11) is 0. The van der Waals surface area contributed by atoms with Crippen molar-refractivity contribution in [1.82, 2.24) is 10.5 Å². The van der Waals surface area contributed by atoms with Gasteiger partial charge < -0.3 is 9.84 Å². The highest BCUT2D eigenvalue weighted by atomic mass is 16.5. The number of hydrogen-bond donors (Lipinski definition) is 1. The van der Waals surface area contributed by atoms with Crippen molar-refractivity contribution >= 4 is 11.0 Å². The zero-order chi connectivity index (χ0) is 11.7. The lowest BCUT2D eigenvalue weighted by Gasteiger charge is -2.21. The number of aryl methyl sites for hydroxylation is 1. The number of rotatable bonds is 2. The maximum atomic E-state index is 5.45. The minimum absolute atomic E-state index is 0.706. The molecule has 3 rings (SSSR count). The minimum Gasteiger partial charge on any atom is -0.356 e. The molecule has 1 aliphatic rings. The van der Waals surface area contributed by atoms with Crippen LogP contribution < -0.4 is 5.32 Å². The molecule has 0 bridgehead atoms. The molecule has 0 aliphatic carbocycles. The van der Waals surface area contributed by atoms with Gasteiger partial charge in [-0.2, -0.15) is 0 Å². The third-order valence-electron chi connectivity index (χ3n) is 3.65. The van der Waals surface area contributed by atoms with Crippen LogP contribution in [0.1, 0.15) is 24.1 Å². The molecule has 2 aromatic rings. The summed E-state index contributed by atoms with van der Waals surface area (Å²) in [6.07, 6.45) is 3.61. The minimum atomic E-state index is 0.706. The van der Waals surface area contributed by atoms with Crippen LogP contribution in [0.4, 0.5) is 0 Å². The molecular weight excluding hydrogens is 212 g/mol. The molecule has 3 heteroatoms. The second-order valence-electron chi connectivity index (χ2n) is 5.00. The van der Waals surface area contributed by atoms with E-state index in [4.69, 9.17) is 4.52 Å². The van der Waals surface area contributed by atoms with Gasteiger partial charge in [0.25, 0.3) is 0 Å². The Hall–Kier alpha value is -1.35. The van der Waals surface area contributed by atoms with Gasteiger partial charge in [0, 0.05) is 5.39 Å². The number of aromatic nitrogens is 1. The van der Waals surface area contributed by atoms with Crippen LogP contribution in [0, 0.1) is 12.8 Å². The average Bonchev–Trinajstić information content (AvgIpc) is 2.76. The first-order valence-corrected chi connectivity index (χ1v) is 6.39. The number of nitrogens with one attached hydrogen (secondary N) is 1. The van der Waals surface area contributed by atoms with Crippen LogP contribution in [-0.4, -0.2) is 18.2 Å². The van der Waals surface area contributed by atoms with Crippen molar-refractivity contribution in [2.45, 2.75) is 26.2 Å². The van der Waals surface area contributed by atoms with Crippen molar-refractivity contribution in [1.29, 1.82) is 0 Å². The lowest BCUT2D eigenvalue weighted by molar-refractivity contribution is 0.363. The topological polar surface area (TPSA) is 38.1 Å². The Balaban J connectivity index is 1.87. The fourth-order valence-corrected chi connectivity index (χ4v) is 2.67.